The fraction of sp³-hybridized carbons (Fsp3) is 0. The molecule has 0 saturated carbocycles. The van der Waals surface area contributed by atoms with E-state index in [2.05, 4.69) is 149 Å². The van der Waals surface area contributed by atoms with Crippen LogP contribution in [-0.4, -0.2) is 4.98 Å². The SMILES string of the molecule is c1ccc(-c2ccc(N(c3ccc(-c4ccc5c(c4)oc4ccncc45)cc3)c3cccc4sc5ccccc5c34)cc2)cc1. The van der Waals surface area contributed by atoms with Crippen molar-refractivity contribution in [3.05, 3.63) is 158 Å². The Bertz CT molecular complexity index is 2480. The van der Waals surface area contributed by atoms with Gasteiger partial charge in [-0.1, -0.05) is 84.9 Å². The summed E-state index contributed by atoms with van der Waals surface area (Å²) in [5, 5.41) is 4.68. The van der Waals surface area contributed by atoms with E-state index in [1.54, 1.807) is 6.20 Å². The van der Waals surface area contributed by atoms with Crippen LogP contribution in [0.4, 0.5) is 17.1 Å². The van der Waals surface area contributed by atoms with E-state index >= 15 is 0 Å². The lowest BCUT2D eigenvalue weighted by Crippen LogP contribution is -2.10. The number of benzene rings is 6. The highest BCUT2D eigenvalue weighted by Crippen LogP contribution is 2.45. The van der Waals surface area contributed by atoms with E-state index in [1.807, 2.05) is 23.6 Å². The molecule has 0 aliphatic heterocycles. The van der Waals surface area contributed by atoms with Crippen LogP contribution in [0, 0.1) is 0 Å². The molecule has 3 heterocycles. The maximum atomic E-state index is 6.15. The minimum Gasteiger partial charge on any atom is -0.456 e. The van der Waals surface area contributed by atoms with Crippen LogP contribution >= 0.6 is 11.3 Å². The quantitative estimate of drug-likeness (QED) is 0.198. The van der Waals surface area contributed by atoms with Gasteiger partial charge in [0.2, 0.25) is 0 Å². The molecule has 212 valence electrons. The summed E-state index contributed by atoms with van der Waals surface area (Å²) in [7, 11) is 0. The van der Waals surface area contributed by atoms with Crippen LogP contribution in [0.5, 0.6) is 0 Å². The molecule has 9 rings (SSSR count). The van der Waals surface area contributed by atoms with Crippen LogP contribution in [0.15, 0.2) is 162 Å². The van der Waals surface area contributed by atoms with Gasteiger partial charge in [0, 0.05) is 54.7 Å². The minimum absolute atomic E-state index is 0.858. The molecular weight excluding hydrogens is 569 g/mol. The highest BCUT2D eigenvalue weighted by molar-refractivity contribution is 7.26. The van der Waals surface area contributed by atoms with Crippen molar-refractivity contribution in [1.29, 1.82) is 0 Å². The molecule has 0 N–H and O–H groups in total. The van der Waals surface area contributed by atoms with Crippen molar-refractivity contribution in [3.63, 3.8) is 0 Å². The van der Waals surface area contributed by atoms with Gasteiger partial charge in [-0.05, 0) is 82.9 Å². The van der Waals surface area contributed by atoms with Gasteiger partial charge in [0.05, 0.1) is 5.69 Å². The third-order valence-electron chi connectivity index (χ3n) is 8.59. The van der Waals surface area contributed by atoms with E-state index < -0.39 is 0 Å². The molecule has 0 unspecified atom stereocenters. The molecule has 4 heteroatoms. The fourth-order valence-electron chi connectivity index (χ4n) is 6.41. The van der Waals surface area contributed by atoms with Crippen molar-refractivity contribution < 1.29 is 4.42 Å². The topological polar surface area (TPSA) is 29.3 Å². The van der Waals surface area contributed by atoms with E-state index in [-0.39, 0.29) is 0 Å². The molecule has 45 heavy (non-hydrogen) atoms. The maximum Gasteiger partial charge on any atom is 0.138 e. The van der Waals surface area contributed by atoms with Gasteiger partial charge in [-0.3, -0.25) is 4.98 Å². The minimum atomic E-state index is 0.858. The van der Waals surface area contributed by atoms with Crippen molar-refractivity contribution in [2.24, 2.45) is 0 Å². The molecular formula is C41H26N2OS. The van der Waals surface area contributed by atoms with Gasteiger partial charge in [0.15, 0.2) is 0 Å². The number of anilines is 3. The molecule has 3 nitrogen and oxygen atoms in total. The molecule has 9 aromatic rings. The highest BCUT2D eigenvalue weighted by Gasteiger charge is 2.19. The highest BCUT2D eigenvalue weighted by atomic mass is 32.1. The molecule has 6 aromatic carbocycles. The fourth-order valence-corrected chi connectivity index (χ4v) is 7.53. The summed E-state index contributed by atoms with van der Waals surface area (Å²) in [4.78, 5) is 6.66. The Labute approximate surface area is 264 Å². The number of nitrogens with zero attached hydrogens (tertiary/aromatic N) is 2. The zero-order valence-electron chi connectivity index (χ0n) is 24.2. The largest absolute Gasteiger partial charge is 0.456 e. The third-order valence-corrected chi connectivity index (χ3v) is 9.72. The molecule has 0 atom stereocenters. The standard InChI is InChI=1S/C41H26N2OS/c1-2-7-27(8-3-1)28-13-18-31(19-14-28)43(36-10-6-12-40-41(36)34-9-4-5-11-39(34)45-40)32-20-15-29(16-21-32)30-17-22-33-35-26-42-24-23-37(35)44-38(33)25-30/h1-26H. The van der Waals surface area contributed by atoms with Crippen molar-refractivity contribution in [3.8, 4) is 22.3 Å². The Morgan fingerprint density at radius 2 is 1.16 bits per heavy atom. The van der Waals surface area contributed by atoms with Crippen LogP contribution in [0.25, 0.3) is 64.4 Å². The van der Waals surface area contributed by atoms with Crippen LogP contribution in [0.2, 0.25) is 0 Å². The van der Waals surface area contributed by atoms with E-state index in [0.717, 1.165) is 44.4 Å². The Morgan fingerprint density at radius 1 is 0.489 bits per heavy atom. The van der Waals surface area contributed by atoms with Gasteiger partial charge in [0.25, 0.3) is 0 Å². The first-order valence-corrected chi connectivity index (χ1v) is 15.8. The van der Waals surface area contributed by atoms with Gasteiger partial charge in [0.1, 0.15) is 11.2 Å². The monoisotopic (exact) mass is 594 g/mol. The molecule has 0 bridgehead atoms. The van der Waals surface area contributed by atoms with Crippen LogP contribution < -0.4 is 4.90 Å². The smallest absolute Gasteiger partial charge is 0.138 e. The van der Waals surface area contributed by atoms with Crippen LogP contribution in [-0.2, 0) is 0 Å². The average molecular weight is 595 g/mol. The summed E-state index contributed by atoms with van der Waals surface area (Å²) in [5.41, 5.74) is 9.78. The molecule has 0 fully saturated rings. The summed E-state index contributed by atoms with van der Waals surface area (Å²) in [6.07, 6.45) is 3.64. The summed E-state index contributed by atoms with van der Waals surface area (Å²) in [5.74, 6) is 0. The summed E-state index contributed by atoms with van der Waals surface area (Å²) in [6, 6.07) is 52.0. The third kappa shape index (κ3) is 4.38. The molecule has 0 saturated heterocycles. The lowest BCUT2D eigenvalue weighted by atomic mass is 10.0. The predicted molar refractivity (Wildman–Crippen MR) is 190 cm³/mol. The number of aromatic nitrogens is 1. The number of thiophene rings is 1. The van der Waals surface area contributed by atoms with E-state index in [0.29, 0.717) is 0 Å². The molecule has 0 spiro atoms. The van der Waals surface area contributed by atoms with Crippen molar-refractivity contribution in [2.45, 2.75) is 0 Å². The van der Waals surface area contributed by atoms with Crippen molar-refractivity contribution in [2.75, 3.05) is 4.90 Å². The maximum absolute atomic E-state index is 6.15. The summed E-state index contributed by atoms with van der Waals surface area (Å²) < 4.78 is 8.74. The number of pyridine rings is 1. The van der Waals surface area contributed by atoms with Gasteiger partial charge >= 0.3 is 0 Å². The second-order valence-electron chi connectivity index (χ2n) is 11.2. The lowest BCUT2D eigenvalue weighted by molar-refractivity contribution is 0.668. The van der Waals surface area contributed by atoms with E-state index in [9.17, 15) is 0 Å². The Balaban J connectivity index is 1.17. The second kappa shape index (κ2) is 10.5. The molecule has 0 aliphatic carbocycles. The molecule has 0 amide bonds. The summed E-state index contributed by atoms with van der Waals surface area (Å²) in [6.45, 7) is 0. The number of fused-ring (bicyclic) bond motifs is 6. The average Bonchev–Trinajstić information content (AvgIpc) is 3.68. The zero-order chi connectivity index (χ0) is 29.7. The Kier molecular flexibility index (Phi) is 6.00. The first kappa shape index (κ1) is 25.8. The van der Waals surface area contributed by atoms with Crippen molar-refractivity contribution in [1.82, 2.24) is 4.98 Å². The van der Waals surface area contributed by atoms with Gasteiger partial charge in [-0.25, -0.2) is 0 Å². The Hall–Kier alpha value is -5.71. The molecule has 0 aliphatic rings. The second-order valence-corrected chi connectivity index (χ2v) is 12.3. The van der Waals surface area contributed by atoms with Crippen LogP contribution in [0.3, 0.4) is 0 Å². The van der Waals surface area contributed by atoms with E-state index in [4.69, 9.17) is 4.42 Å². The molecule has 0 radical (unpaired) electrons. The van der Waals surface area contributed by atoms with E-state index in [1.165, 1.54) is 37.0 Å². The van der Waals surface area contributed by atoms with Gasteiger partial charge in [-0.2, -0.15) is 0 Å². The summed E-state index contributed by atoms with van der Waals surface area (Å²) >= 11 is 1.85. The first-order chi connectivity index (χ1) is 22.3. The van der Waals surface area contributed by atoms with Gasteiger partial charge < -0.3 is 9.32 Å². The number of hydrogen-bond acceptors (Lipinski definition) is 4. The molecule has 3 aromatic heterocycles. The zero-order valence-corrected chi connectivity index (χ0v) is 25.0. The predicted octanol–water partition coefficient (Wildman–Crippen LogP) is 12.2. The normalized spacial score (nSPS) is 11.6. The number of rotatable bonds is 5. The van der Waals surface area contributed by atoms with Crippen LogP contribution in [0.1, 0.15) is 0 Å². The lowest BCUT2D eigenvalue weighted by Gasteiger charge is -2.27. The number of hydrogen-bond donors (Lipinski definition) is 0. The first-order valence-electron chi connectivity index (χ1n) is 15.0. The van der Waals surface area contributed by atoms with Gasteiger partial charge in [-0.15, -0.1) is 11.3 Å². The Morgan fingerprint density at radius 3 is 1.96 bits per heavy atom. The van der Waals surface area contributed by atoms with Crippen molar-refractivity contribution >= 4 is 70.5 Å². The number of furan rings is 1.